The predicted octanol–water partition coefficient (Wildman–Crippen LogP) is 1.64. The third-order valence-corrected chi connectivity index (χ3v) is 3.48. The second-order valence-corrected chi connectivity index (χ2v) is 5.17. The number of nitrogens with one attached hydrogen (secondary N) is 1. The maximum atomic E-state index is 12.0. The van der Waals surface area contributed by atoms with Crippen molar-refractivity contribution in [3.8, 4) is 12.1 Å². The van der Waals surface area contributed by atoms with Crippen molar-refractivity contribution in [3.63, 3.8) is 0 Å². The number of nitrogens with two attached hydrogens (primary N) is 1. The standard InChI is InChI=1S/C18H14N6O2/c19-7-12-3-1-2-4-13(12)9-22-10-14(8-20)26-18-23-16-11-21-6-5-15(16)17(25)24-18/h1-6,8,10-11H,9,20H2,(H,23,24,25). The first-order valence-electron chi connectivity index (χ1n) is 7.63. The Hall–Kier alpha value is -3.99. The van der Waals surface area contributed by atoms with Crippen LogP contribution in [0.15, 0.2) is 64.5 Å². The van der Waals surface area contributed by atoms with Gasteiger partial charge in [-0.05, 0) is 17.7 Å². The molecule has 2 heterocycles. The van der Waals surface area contributed by atoms with Crippen LogP contribution >= 0.6 is 0 Å². The molecule has 128 valence electrons. The summed E-state index contributed by atoms with van der Waals surface area (Å²) >= 11 is 0. The molecule has 0 bridgehead atoms. The van der Waals surface area contributed by atoms with Crippen LogP contribution in [-0.2, 0) is 6.54 Å². The molecule has 0 saturated heterocycles. The Kier molecular flexibility index (Phi) is 5.00. The number of aromatic amines is 1. The van der Waals surface area contributed by atoms with Gasteiger partial charge in [-0.2, -0.15) is 10.2 Å². The van der Waals surface area contributed by atoms with Gasteiger partial charge in [-0.25, -0.2) is 0 Å². The lowest BCUT2D eigenvalue weighted by atomic mass is 10.1. The van der Waals surface area contributed by atoms with Gasteiger partial charge in [-0.1, -0.05) is 18.2 Å². The first-order valence-corrected chi connectivity index (χ1v) is 7.63. The van der Waals surface area contributed by atoms with Crippen molar-refractivity contribution in [3.05, 3.63) is 76.2 Å². The van der Waals surface area contributed by atoms with Crippen LogP contribution in [0.4, 0.5) is 0 Å². The molecule has 0 radical (unpaired) electrons. The van der Waals surface area contributed by atoms with Gasteiger partial charge in [0.15, 0.2) is 5.76 Å². The smallest absolute Gasteiger partial charge is 0.302 e. The average molecular weight is 346 g/mol. The van der Waals surface area contributed by atoms with Gasteiger partial charge in [0.2, 0.25) is 0 Å². The Bertz CT molecular complexity index is 1090. The monoisotopic (exact) mass is 346 g/mol. The van der Waals surface area contributed by atoms with Crippen molar-refractivity contribution in [2.45, 2.75) is 6.54 Å². The summed E-state index contributed by atoms with van der Waals surface area (Å²) in [6.45, 7) is 0.288. The van der Waals surface area contributed by atoms with E-state index < -0.39 is 0 Å². The van der Waals surface area contributed by atoms with E-state index in [4.69, 9.17) is 15.7 Å². The number of H-pyrrole nitrogens is 1. The topological polar surface area (TPSA) is 130 Å². The highest BCUT2D eigenvalue weighted by atomic mass is 16.5. The van der Waals surface area contributed by atoms with Crippen LogP contribution in [0, 0.1) is 11.3 Å². The Balaban J connectivity index is 1.76. The van der Waals surface area contributed by atoms with E-state index in [0.29, 0.717) is 16.5 Å². The molecule has 3 N–H and O–H groups in total. The minimum atomic E-state index is -0.344. The van der Waals surface area contributed by atoms with E-state index in [1.807, 2.05) is 12.1 Å². The predicted molar refractivity (Wildman–Crippen MR) is 96.4 cm³/mol. The van der Waals surface area contributed by atoms with Gasteiger partial charge in [-0.15, -0.1) is 0 Å². The number of rotatable bonds is 5. The molecule has 8 heteroatoms. The number of aromatic nitrogens is 3. The molecule has 0 saturated carbocycles. The summed E-state index contributed by atoms with van der Waals surface area (Å²) in [6, 6.07) is 10.8. The summed E-state index contributed by atoms with van der Waals surface area (Å²) in [5.41, 5.74) is 6.94. The molecule has 26 heavy (non-hydrogen) atoms. The summed E-state index contributed by atoms with van der Waals surface area (Å²) in [4.78, 5) is 26.9. The molecular formula is C18H14N6O2. The van der Waals surface area contributed by atoms with Gasteiger partial charge in [0.05, 0.1) is 41.5 Å². The highest BCUT2D eigenvalue weighted by molar-refractivity contribution is 5.77. The quantitative estimate of drug-likeness (QED) is 0.533. The zero-order valence-corrected chi connectivity index (χ0v) is 13.6. The fraction of sp³-hybridized carbons (Fsp3) is 0.0556. The lowest BCUT2D eigenvalue weighted by Crippen LogP contribution is -2.12. The Labute approximate surface area is 148 Å². The van der Waals surface area contributed by atoms with E-state index in [0.717, 1.165) is 5.56 Å². The van der Waals surface area contributed by atoms with E-state index in [-0.39, 0.29) is 23.9 Å². The first-order chi connectivity index (χ1) is 12.7. The molecule has 0 atom stereocenters. The van der Waals surface area contributed by atoms with Crippen molar-refractivity contribution < 1.29 is 4.74 Å². The number of nitriles is 1. The summed E-state index contributed by atoms with van der Waals surface area (Å²) in [5.74, 6) is 0.200. The van der Waals surface area contributed by atoms with E-state index in [2.05, 4.69) is 26.0 Å². The largest absolute Gasteiger partial charge is 0.422 e. The number of nitrogens with zero attached hydrogens (tertiary/aromatic N) is 4. The second-order valence-electron chi connectivity index (χ2n) is 5.17. The number of allylic oxidation sites excluding steroid dienone is 1. The molecule has 0 aliphatic heterocycles. The lowest BCUT2D eigenvalue weighted by molar-refractivity contribution is 0.418. The summed E-state index contributed by atoms with van der Waals surface area (Å²) in [5, 5.41) is 9.49. The van der Waals surface area contributed by atoms with Crippen LogP contribution in [0.2, 0.25) is 0 Å². The van der Waals surface area contributed by atoms with Gasteiger partial charge >= 0.3 is 6.01 Å². The summed E-state index contributed by atoms with van der Waals surface area (Å²) < 4.78 is 5.47. The molecule has 0 spiro atoms. The van der Waals surface area contributed by atoms with E-state index in [9.17, 15) is 4.79 Å². The van der Waals surface area contributed by atoms with Crippen molar-refractivity contribution in [2.75, 3.05) is 0 Å². The maximum Gasteiger partial charge on any atom is 0.302 e. The van der Waals surface area contributed by atoms with Gasteiger partial charge in [-0.3, -0.25) is 19.8 Å². The number of hydrogen-bond donors (Lipinski definition) is 2. The number of fused-ring (bicyclic) bond motifs is 1. The van der Waals surface area contributed by atoms with Crippen LogP contribution in [0.1, 0.15) is 11.1 Å². The molecule has 0 fully saturated rings. The van der Waals surface area contributed by atoms with Gasteiger partial charge < -0.3 is 10.5 Å². The second kappa shape index (κ2) is 7.72. The van der Waals surface area contributed by atoms with Crippen LogP contribution in [0.5, 0.6) is 6.01 Å². The Morgan fingerprint density at radius 3 is 3.04 bits per heavy atom. The van der Waals surface area contributed by atoms with Gasteiger partial charge in [0.25, 0.3) is 5.56 Å². The molecule has 0 amide bonds. The molecule has 0 unspecified atom stereocenters. The van der Waals surface area contributed by atoms with Crippen LogP contribution in [0.25, 0.3) is 10.9 Å². The molecule has 2 aromatic heterocycles. The van der Waals surface area contributed by atoms with Crippen molar-refractivity contribution in [1.82, 2.24) is 15.0 Å². The van der Waals surface area contributed by atoms with Gasteiger partial charge in [0, 0.05) is 12.4 Å². The number of ether oxygens (including phenoxy) is 1. The third-order valence-electron chi connectivity index (χ3n) is 3.48. The van der Waals surface area contributed by atoms with Gasteiger partial charge in [0.1, 0.15) is 0 Å². The molecule has 8 nitrogen and oxygen atoms in total. The number of aliphatic imine (C=N–C) groups is 1. The Morgan fingerprint density at radius 2 is 2.23 bits per heavy atom. The van der Waals surface area contributed by atoms with Crippen LogP contribution < -0.4 is 16.0 Å². The molecular weight excluding hydrogens is 332 g/mol. The minimum Gasteiger partial charge on any atom is -0.422 e. The minimum absolute atomic E-state index is 0.0175. The third kappa shape index (κ3) is 3.73. The molecule has 3 rings (SSSR count). The zero-order chi connectivity index (χ0) is 18.4. The van der Waals surface area contributed by atoms with Crippen LogP contribution in [-0.4, -0.2) is 21.2 Å². The fourth-order valence-electron chi connectivity index (χ4n) is 2.23. The van der Waals surface area contributed by atoms with Crippen molar-refractivity contribution in [1.29, 1.82) is 5.26 Å². The summed E-state index contributed by atoms with van der Waals surface area (Å²) in [6.07, 6.45) is 5.58. The van der Waals surface area contributed by atoms with E-state index in [1.54, 1.807) is 18.2 Å². The summed E-state index contributed by atoms with van der Waals surface area (Å²) in [7, 11) is 0. The zero-order valence-electron chi connectivity index (χ0n) is 13.6. The Morgan fingerprint density at radius 1 is 1.38 bits per heavy atom. The number of benzene rings is 1. The highest BCUT2D eigenvalue weighted by Gasteiger charge is 2.06. The maximum absolute atomic E-state index is 12.0. The van der Waals surface area contributed by atoms with Crippen molar-refractivity contribution in [2.24, 2.45) is 10.7 Å². The van der Waals surface area contributed by atoms with Crippen LogP contribution in [0.3, 0.4) is 0 Å². The first kappa shape index (κ1) is 16.9. The van der Waals surface area contributed by atoms with E-state index >= 15 is 0 Å². The van der Waals surface area contributed by atoms with Crippen molar-refractivity contribution >= 4 is 17.1 Å². The molecule has 3 aromatic rings. The fourth-order valence-corrected chi connectivity index (χ4v) is 2.23. The molecule has 0 aliphatic carbocycles. The molecule has 1 aromatic carbocycles. The highest BCUT2D eigenvalue weighted by Crippen LogP contribution is 2.11. The SMILES string of the molecule is N#Cc1ccccc1CN=CC(=CN)Oc1nc2cnccc2c(=O)[nH]1. The van der Waals surface area contributed by atoms with E-state index in [1.165, 1.54) is 24.8 Å². The lowest BCUT2D eigenvalue weighted by Gasteiger charge is -2.05. The number of hydrogen-bond acceptors (Lipinski definition) is 7. The normalized spacial score (nSPS) is 11.6. The average Bonchev–Trinajstić information content (AvgIpc) is 2.67. The molecule has 0 aliphatic rings. The number of pyridine rings is 1.